The number of amides is 1. The van der Waals surface area contributed by atoms with Crippen LogP contribution in [0.3, 0.4) is 0 Å². The minimum atomic E-state index is -0.0686. The van der Waals surface area contributed by atoms with Crippen molar-refractivity contribution in [3.63, 3.8) is 0 Å². The molecular formula is C25H29NO3. The summed E-state index contributed by atoms with van der Waals surface area (Å²) in [6.45, 7) is 6.98. The fourth-order valence-corrected chi connectivity index (χ4v) is 3.36. The normalized spacial score (nSPS) is 11.8. The van der Waals surface area contributed by atoms with E-state index in [4.69, 9.17) is 9.47 Å². The summed E-state index contributed by atoms with van der Waals surface area (Å²) in [7, 11) is 0. The highest BCUT2D eigenvalue weighted by Crippen LogP contribution is 2.25. The number of fused-ring (bicyclic) bond motifs is 1. The number of rotatable bonds is 9. The molecule has 3 aromatic rings. The van der Waals surface area contributed by atoms with Gasteiger partial charge in [0.2, 0.25) is 0 Å². The second-order valence-electron chi connectivity index (χ2n) is 7.22. The first-order valence-corrected chi connectivity index (χ1v) is 10.3. The van der Waals surface area contributed by atoms with Crippen LogP contribution in [-0.2, 0) is 6.61 Å². The van der Waals surface area contributed by atoms with Crippen LogP contribution in [0.4, 0.5) is 0 Å². The standard InChI is InChI=1S/C25H29NO3/c1-4-8-18(3)26-25(27)21-12-14-24(28-5-2)22(15-21)17-29-23-13-11-19-9-6-7-10-20(19)16-23/h6-7,9-16,18H,4-5,8,17H2,1-3H3,(H,26,27)/t18-/m0/s1. The molecular weight excluding hydrogens is 362 g/mol. The largest absolute Gasteiger partial charge is 0.493 e. The molecule has 0 bridgehead atoms. The van der Waals surface area contributed by atoms with Crippen molar-refractivity contribution in [3.05, 3.63) is 71.8 Å². The third-order valence-electron chi connectivity index (χ3n) is 4.84. The number of carbonyl (C=O) groups is 1. The summed E-state index contributed by atoms with van der Waals surface area (Å²) >= 11 is 0. The lowest BCUT2D eigenvalue weighted by Gasteiger charge is -2.16. The first-order valence-electron chi connectivity index (χ1n) is 10.3. The van der Waals surface area contributed by atoms with Crippen LogP contribution in [0.1, 0.15) is 49.5 Å². The van der Waals surface area contributed by atoms with Crippen molar-refractivity contribution in [2.75, 3.05) is 6.61 Å². The molecule has 4 nitrogen and oxygen atoms in total. The van der Waals surface area contributed by atoms with E-state index in [0.29, 0.717) is 18.8 Å². The Morgan fingerprint density at radius 1 is 0.966 bits per heavy atom. The predicted molar refractivity (Wildman–Crippen MR) is 118 cm³/mol. The van der Waals surface area contributed by atoms with Crippen molar-refractivity contribution in [1.29, 1.82) is 0 Å². The molecule has 0 unspecified atom stereocenters. The van der Waals surface area contributed by atoms with E-state index >= 15 is 0 Å². The summed E-state index contributed by atoms with van der Waals surface area (Å²) in [6, 6.07) is 19.9. The van der Waals surface area contributed by atoms with Gasteiger partial charge in [-0.15, -0.1) is 0 Å². The molecule has 0 spiro atoms. The highest BCUT2D eigenvalue weighted by molar-refractivity contribution is 5.94. The van der Waals surface area contributed by atoms with Gasteiger partial charge in [-0.25, -0.2) is 0 Å². The Morgan fingerprint density at radius 3 is 2.52 bits per heavy atom. The Hall–Kier alpha value is -3.01. The van der Waals surface area contributed by atoms with Gasteiger partial charge in [-0.2, -0.15) is 0 Å². The van der Waals surface area contributed by atoms with Crippen molar-refractivity contribution in [1.82, 2.24) is 5.32 Å². The third kappa shape index (κ3) is 5.50. The van der Waals surface area contributed by atoms with Gasteiger partial charge in [-0.05, 0) is 61.4 Å². The summed E-state index contributed by atoms with van der Waals surface area (Å²) in [5.74, 6) is 1.46. The van der Waals surface area contributed by atoms with Crippen molar-refractivity contribution >= 4 is 16.7 Å². The van der Waals surface area contributed by atoms with E-state index in [0.717, 1.165) is 35.3 Å². The van der Waals surface area contributed by atoms with E-state index in [-0.39, 0.29) is 11.9 Å². The average Bonchev–Trinajstić information content (AvgIpc) is 2.73. The van der Waals surface area contributed by atoms with Crippen LogP contribution in [0.25, 0.3) is 10.8 Å². The topological polar surface area (TPSA) is 47.6 Å². The van der Waals surface area contributed by atoms with Gasteiger partial charge >= 0.3 is 0 Å². The van der Waals surface area contributed by atoms with Gasteiger partial charge in [-0.3, -0.25) is 4.79 Å². The highest BCUT2D eigenvalue weighted by atomic mass is 16.5. The predicted octanol–water partition coefficient (Wildman–Crippen LogP) is 5.74. The zero-order chi connectivity index (χ0) is 20.6. The highest BCUT2D eigenvalue weighted by Gasteiger charge is 2.13. The molecule has 1 N–H and O–H groups in total. The van der Waals surface area contributed by atoms with Crippen molar-refractivity contribution < 1.29 is 14.3 Å². The molecule has 0 radical (unpaired) electrons. The minimum absolute atomic E-state index is 0.0686. The molecule has 1 atom stereocenters. The van der Waals surface area contributed by atoms with Crippen LogP contribution in [0, 0.1) is 0 Å². The summed E-state index contributed by atoms with van der Waals surface area (Å²) in [6.07, 6.45) is 2.00. The maximum atomic E-state index is 12.6. The molecule has 4 heteroatoms. The maximum Gasteiger partial charge on any atom is 0.251 e. The second-order valence-corrected chi connectivity index (χ2v) is 7.22. The zero-order valence-corrected chi connectivity index (χ0v) is 17.4. The second kappa shape index (κ2) is 9.97. The molecule has 0 aliphatic heterocycles. The van der Waals surface area contributed by atoms with Crippen molar-refractivity contribution in [2.24, 2.45) is 0 Å². The molecule has 0 aliphatic carbocycles. The fraction of sp³-hybridized carbons (Fsp3) is 0.320. The number of benzene rings is 3. The Morgan fingerprint density at radius 2 is 1.76 bits per heavy atom. The average molecular weight is 392 g/mol. The van der Waals surface area contributed by atoms with Gasteiger partial charge in [0.1, 0.15) is 18.1 Å². The molecule has 0 saturated carbocycles. The molecule has 0 aliphatic rings. The van der Waals surface area contributed by atoms with Crippen molar-refractivity contribution in [3.8, 4) is 11.5 Å². The molecule has 0 aromatic heterocycles. The zero-order valence-electron chi connectivity index (χ0n) is 17.4. The van der Waals surface area contributed by atoms with E-state index in [2.05, 4.69) is 24.4 Å². The summed E-state index contributed by atoms with van der Waals surface area (Å²) < 4.78 is 11.8. The van der Waals surface area contributed by atoms with Crippen LogP contribution in [0.15, 0.2) is 60.7 Å². The third-order valence-corrected chi connectivity index (χ3v) is 4.84. The molecule has 3 rings (SSSR count). The van der Waals surface area contributed by atoms with Crippen LogP contribution in [-0.4, -0.2) is 18.6 Å². The van der Waals surface area contributed by atoms with Crippen LogP contribution in [0.2, 0.25) is 0 Å². The summed E-state index contributed by atoms with van der Waals surface area (Å²) in [4.78, 5) is 12.6. The minimum Gasteiger partial charge on any atom is -0.493 e. The molecule has 0 saturated heterocycles. The van der Waals surface area contributed by atoms with Gasteiger partial charge in [0.05, 0.1) is 6.61 Å². The lowest BCUT2D eigenvalue weighted by Crippen LogP contribution is -2.32. The first-order chi connectivity index (χ1) is 14.1. The van der Waals surface area contributed by atoms with Crippen LogP contribution >= 0.6 is 0 Å². The van der Waals surface area contributed by atoms with E-state index < -0.39 is 0 Å². The summed E-state index contributed by atoms with van der Waals surface area (Å²) in [5.41, 5.74) is 1.48. The van der Waals surface area contributed by atoms with Gasteiger partial charge in [0, 0.05) is 17.2 Å². The monoisotopic (exact) mass is 391 g/mol. The fourth-order valence-electron chi connectivity index (χ4n) is 3.36. The van der Waals surface area contributed by atoms with Crippen molar-refractivity contribution in [2.45, 2.75) is 46.3 Å². The maximum absolute atomic E-state index is 12.6. The SMILES string of the molecule is CCC[C@H](C)NC(=O)c1ccc(OCC)c(COc2ccc3ccccc3c2)c1. The van der Waals surface area contributed by atoms with E-state index in [1.165, 1.54) is 5.39 Å². The number of nitrogens with one attached hydrogen (secondary N) is 1. The van der Waals surface area contributed by atoms with Gasteiger partial charge in [0.25, 0.3) is 5.91 Å². The summed E-state index contributed by atoms with van der Waals surface area (Å²) in [5, 5.41) is 5.36. The lowest BCUT2D eigenvalue weighted by atomic mass is 10.1. The molecule has 3 aromatic carbocycles. The number of carbonyl (C=O) groups excluding carboxylic acids is 1. The van der Waals surface area contributed by atoms with E-state index in [1.807, 2.05) is 56.3 Å². The Labute approximate surface area is 172 Å². The van der Waals surface area contributed by atoms with E-state index in [1.54, 1.807) is 6.07 Å². The first kappa shape index (κ1) is 20.7. The Bertz CT molecular complexity index is 967. The van der Waals surface area contributed by atoms with E-state index in [9.17, 15) is 4.79 Å². The smallest absolute Gasteiger partial charge is 0.251 e. The molecule has 0 heterocycles. The molecule has 0 fully saturated rings. The lowest BCUT2D eigenvalue weighted by molar-refractivity contribution is 0.0938. The Balaban J connectivity index is 1.77. The van der Waals surface area contributed by atoms with Gasteiger partial charge in [0.15, 0.2) is 0 Å². The molecule has 1 amide bonds. The number of hydrogen-bond acceptors (Lipinski definition) is 3. The van der Waals surface area contributed by atoms with Crippen LogP contribution in [0.5, 0.6) is 11.5 Å². The quantitative estimate of drug-likeness (QED) is 0.506. The molecule has 29 heavy (non-hydrogen) atoms. The molecule has 152 valence electrons. The Kier molecular flexibility index (Phi) is 7.12. The number of hydrogen-bond donors (Lipinski definition) is 1. The van der Waals surface area contributed by atoms with Gasteiger partial charge in [-0.1, -0.05) is 43.7 Å². The number of ether oxygens (including phenoxy) is 2. The van der Waals surface area contributed by atoms with Crippen LogP contribution < -0.4 is 14.8 Å². The van der Waals surface area contributed by atoms with Gasteiger partial charge < -0.3 is 14.8 Å².